The molecule has 0 saturated heterocycles. The van der Waals surface area contributed by atoms with E-state index in [1.54, 1.807) is 24.9 Å². The van der Waals surface area contributed by atoms with Crippen molar-refractivity contribution in [3.8, 4) is 0 Å². The molecule has 2 heterocycles. The van der Waals surface area contributed by atoms with Gasteiger partial charge in [-0.05, 0) is 75.1 Å². The van der Waals surface area contributed by atoms with Crippen molar-refractivity contribution < 1.29 is 22.7 Å². The van der Waals surface area contributed by atoms with Crippen LogP contribution in [0.2, 0.25) is 0 Å². The van der Waals surface area contributed by atoms with E-state index in [1.165, 1.54) is 10.6 Å². The molecular formula is C28H31F3N4O3. The Morgan fingerprint density at radius 2 is 1.87 bits per heavy atom. The molecule has 0 spiro atoms. The number of benzene rings is 2. The van der Waals surface area contributed by atoms with Gasteiger partial charge in [0.25, 0.3) is 0 Å². The predicted octanol–water partition coefficient (Wildman–Crippen LogP) is 6.15. The van der Waals surface area contributed by atoms with Gasteiger partial charge in [-0.1, -0.05) is 24.3 Å². The number of hydrogen-bond donors (Lipinski definition) is 1. The molecule has 2 aromatic carbocycles. The van der Waals surface area contributed by atoms with Gasteiger partial charge in [-0.15, -0.1) is 0 Å². The molecule has 3 aromatic rings. The number of fused-ring (bicyclic) bond motifs is 1. The van der Waals surface area contributed by atoms with Crippen molar-refractivity contribution >= 4 is 28.4 Å². The Labute approximate surface area is 218 Å². The molecule has 1 N–H and O–H groups in total. The highest BCUT2D eigenvalue weighted by atomic mass is 19.4. The molecule has 0 saturated carbocycles. The Morgan fingerprint density at radius 3 is 2.50 bits per heavy atom. The van der Waals surface area contributed by atoms with Crippen molar-refractivity contribution in [2.24, 2.45) is 7.05 Å². The van der Waals surface area contributed by atoms with Crippen LogP contribution in [0, 0.1) is 0 Å². The van der Waals surface area contributed by atoms with Crippen molar-refractivity contribution in [2.75, 3.05) is 18.4 Å². The highest BCUT2D eigenvalue weighted by Gasteiger charge is 2.31. The standard InChI is InChI=1S/C28H31F3N4O3/c1-17(19-7-6-8-21(15-19)28(29,30)31)32-24-22-16-20(9-10-23(22)34(5)25(36)33-24)18-11-13-35(14-12-18)26(37)38-27(2,3)4/h6-11,15-17H,12-14H2,1-5H3,(H,32,33,36). The van der Waals surface area contributed by atoms with Crippen LogP contribution in [0.1, 0.15) is 56.8 Å². The number of nitrogens with one attached hydrogen (secondary N) is 1. The van der Waals surface area contributed by atoms with Crippen LogP contribution in [-0.2, 0) is 18.0 Å². The lowest BCUT2D eigenvalue weighted by Crippen LogP contribution is -2.39. The maximum Gasteiger partial charge on any atom is 0.416 e. The number of halogens is 3. The van der Waals surface area contributed by atoms with Gasteiger partial charge in [-0.3, -0.25) is 4.57 Å². The molecule has 202 valence electrons. The molecule has 1 atom stereocenters. The third-order valence-corrected chi connectivity index (χ3v) is 6.41. The average Bonchev–Trinajstić information content (AvgIpc) is 2.85. The molecule has 1 aliphatic heterocycles. The Morgan fingerprint density at radius 1 is 1.13 bits per heavy atom. The number of ether oxygens (including phenoxy) is 1. The monoisotopic (exact) mass is 528 g/mol. The quantitative estimate of drug-likeness (QED) is 0.440. The van der Waals surface area contributed by atoms with Gasteiger partial charge in [0.1, 0.15) is 11.4 Å². The molecular weight excluding hydrogens is 497 g/mol. The largest absolute Gasteiger partial charge is 0.444 e. The third kappa shape index (κ3) is 6.00. The Bertz CT molecular complexity index is 1450. The predicted molar refractivity (Wildman–Crippen MR) is 141 cm³/mol. The molecule has 1 aliphatic rings. The molecule has 1 aromatic heterocycles. The molecule has 0 aliphatic carbocycles. The molecule has 38 heavy (non-hydrogen) atoms. The maximum absolute atomic E-state index is 13.2. The minimum Gasteiger partial charge on any atom is -0.444 e. The lowest BCUT2D eigenvalue weighted by atomic mass is 9.98. The van der Waals surface area contributed by atoms with Crippen LogP contribution in [0.5, 0.6) is 0 Å². The first-order valence-corrected chi connectivity index (χ1v) is 12.3. The van der Waals surface area contributed by atoms with E-state index in [1.807, 2.05) is 45.0 Å². The van der Waals surface area contributed by atoms with Crippen LogP contribution >= 0.6 is 0 Å². The van der Waals surface area contributed by atoms with E-state index < -0.39 is 29.1 Å². The summed E-state index contributed by atoms with van der Waals surface area (Å²) in [7, 11) is 1.62. The molecule has 4 rings (SSSR count). The second kappa shape index (κ2) is 10.2. The van der Waals surface area contributed by atoms with Gasteiger partial charge < -0.3 is 15.0 Å². The van der Waals surface area contributed by atoms with Gasteiger partial charge >= 0.3 is 18.0 Å². The summed E-state index contributed by atoms with van der Waals surface area (Å²) < 4.78 is 46.5. The molecule has 10 heteroatoms. The van der Waals surface area contributed by atoms with E-state index in [9.17, 15) is 22.8 Å². The van der Waals surface area contributed by atoms with Gasteiger partial charge in [0, 0.05) is 31.6 Å². The van der Waals surface area contributed by atoms with Gasteiger partial charge in [0.15, 0.2) is 0 Å². The van der Waals surface area contributed by atoms with Crippen LogP contribution in [0.25, 0.3) is 16.5 Å². The fourth-order valence-corrected chi connectivity index (χ4v) is 4.36. The molecule has 0 radical (unpaired) electrons. The van der Waals surface area contributed by atoms with E-state index in [0.717, 1.165) is 23.3 Å². The molecule has 0 fully saturated rings. The van der Waals surface area contributed by atoms with Crippen LogP contribution in [0.3, 0.4) is 0 Å². The van der Waals surface area contributed by atoms with Gasteiger partial charge in [0.05, 0.1) is 11.1 Å². The number of aryl methyl sites for hydroxylation is 1. The topological polar surface area (TPSA) is 76.5 Å². The summed E-state index contributed by atoms with van der Waals surface area (Å²) in [6.07, 6.45) is -2.22. The summed E-state index contributed by atoms with van der Waals surface area (Å²) in [5.74, 6) is 0.293. The van der Waals surface area contributed by atoms with Crippen LogP contribution in [-0.4, -0.2) is 39.2 Å². The van der Waals surface area contributed by atoms with Crippen molar-refractivity contribution in [3.63, 3.8) is 0 Å². The number of rotatable bonds is 4. The second-order valence-corrected chi connectivity index (χ2v) is 10.4. The molecule has 1 unspecified atom stereocenters. The highest BCUT2D eigenvalue weighted by molar-refractivity contribution is 5.92. The van der Waals surface area contributed by atoms with Crippen molar-refractivity contribution in [3.05, 3.63) is 75.7 Å². The minimum atomic E-state index is -4.45. The lowest BCUT2D eigenvalue weighted by molar-refractivity contribution is -0.137. The van der Waals surface area contributed by atoms with E-state index in [0.29, 0.717) is 41.8 Å². The number of alkyl halides is 3. The smallest absolute Gasteiger partial charge is 0.416 e. The summed E-state index contributed by atoms with van der Waals surface area (Å²) in [4.78, 5) is 30.8. The first kappa shape index (κ1) is 27.2. The van der Waals surface area contributed by atoms with E-state index in [-0.39, 0.29) is 6.09 Å². The average molecular weight is 529 g/mol. The second-order valence-electron chi connectivity index (χ2n) is 10.4. The number of amides is 1. The fourth-order valence-electron chi connectivity index (χ4n) is 4.36. The summed E-state index contributed by atoms with van der Waals surface area (Å²) in [5, 5.41) is 3.81. The zero-order valence-corrected chi connectivity index (χ0v) is 22.0. The van der Waals surface area contributed by atoms with Crippen molar-refractivity contribution in [1.29, 1.82) is 0 Å². The van der Waals surface area contributed by atoms with Crippen molar-refractivity contribution in [2.45, 2.75) is 51.9 Å². The van der Waals surface area contributed by atoms with Crippen molar-refractivity contribution in [1.82, 2.24) is 14.5 Å². The van der Waals surface area contributed by atoms with Crippen LogP contribution in [0.4, 0.5) is 23.8 Å². The Kier molecular flexibility index (Phi) is 7.27. The number of nitrogens with zero attached hydrogens (tertiary/aromatic N) is 3. The van der Waals surface area contributed by atoms with E-state index in [2.05, 4.69) is 10.3 Å². The minimum absolute atomic E-state index is 0.293. The number of carbonyl (C=O) groups is 1. The Balaban J connectivity index is 1.64. The lowest BCUT2D eigenvalue weighted by Gasteiger charge is -2.29. The van der Waals surface area contributed by atoms with E-state index >= 15 is 0 Å². The summed E-state index contributed by atoms with van der Waals surface area (Å²) in [6, 6.07) is 10.2. The van der Waals surface area contributed by atoms with Gasteiger partial charge in [-0.2, -0.15) is 18.2 Å². The third-order valence-electron chi connectivity index (χ3n) is 6.41. The molecule has 1 amide bonds. The van der Waals surface area contributed by atoms with Crippen LogP contribution < -0.4 is 11.0 Å². The first-order chi connectivity index (χ1) is 17.7. The number of aromatic nitrogens is 2. The Hall–Kier alpha value is -3.82. The maximum atomic E-state index is 13.2. The molecule has 7 nitrogen and oxygen atoms in total. The normalized spacial score (nSPS) is 15.3. The zero-order chi connectivity index (χ0) is 27.8. The van der Waals surface area contributed by atoms with E-state index in [4.69, 9.17) is 4.74 Å². The number of carbonyl (C=O) groups excluding carboxylic acids is 1. The highest BCUT2D eigenvalue weighted by Crippen LogP contribution is 2.33. The SMILES string of the molecule is CC(Nc1nc(=O)n(C)c2ccc(C3=CCN(C(=O)OC(C)(C)C)CC3)cc12)c1cccc(C(F)(F)F)c1. The molecule has 0 bridgehead atoms. The van der Waals surface area contributed by atoms with Gasteiger partial charge in [0.2, 0.25) is 0 Å². The fraction of sp³-hybridized carbons (Fsp3) is 0.393. The summed E-state index contributed by atoms with van der Waals surface area (Å²) in [6.45, 7) is 8.11. The number of hydrogen-bond acceptors (Lipinski definition) is 5. The summed E-state index contributed by atoms with van der Waals surface area (Å²) >= 11 is 0. The zero-order valence-electron chi connectivity index (χ0n) is 22.0. The van der Waals surface area contributed by atoms with Crippen LogP contribution in [0.15, 0.2) is 53.3 Å². The first-order valence-electron chi connectivity index (χ1n) is 12.3. The number of anilines is 1. The summed E-state index contributed by atoms with van der Waals surface area (Å²) in [5.41, 5.74) is 1.22. The van der Waals surface area contributed by atoms with Gasteiger partial charge in [-0.25, -0.2) is 9.59 Å².